The maximum absolute atomic E-state index is 12.7. The van der Waals surface area contributed by atoms with Gasteiger partial charge < -0.3 is 14.2 Å². The van der Waals surface area contributed by atoms with Gasteiger partial charge in [-0.15, -0.1) is 0 Å². The van der Waals surface area contributed by atoms with E-state index >= 15 is 0 Å². The van der Waals surface area contributed by atoms with Crippen molar-refractivity contribution in [1.82, 2.24) is 0 Å². The van der Waals surface area contributed by atoms with E-state index in [2.05, 4.69) is 34.6 Å². The SMILES string of the molecule is CCCCCCCCCCCCCC(=O)OC[C@H](COC(=O)CCCCCCCCC(C)CC)OC(=O)CCCCCCCCCCCCCC(C)C. The molecule has 0 aliphatic heterocycles. The Morgan fingerprint density at radius 1 is 0.396 bits per heavy atom. The first-order chi connectivity index (χ1) is 25.8. The molecule has 0 saturated heterocycles. The lowest BCUT2D eigenvalue weighted by atomic mass is 10.00. The third-order valence-corrected chi connectivity index (χ3v) is 10.8. The van der Waals surface area contributed by atoms with E-state index in [1.165, 1.54) is 141 Å². The number of hydrogen-bond donors (Lipinski definition) is 0. The van der Waals surface area contributed by atoms with Gasteiger partial charge in [-0.1, -0.05) is 214 Å². The zero-order chi connectivity index (χ0) is 39.0. The Bertz CT molecular complexity index is 811. The Labute approximate surface area is 329 Å². The normalized spacial score (nSPS) is 12.6. The maximum atomic E-state index is 12.7. The Kier molecular flexibility index (Phi) is 38.9. The highest BCUT2D eigenvalue weighted by atomic mass is 16.6. The second-order valence-electron chi connectivity index (χ2n) is 16.8. The predicted octanol–water partition coefficient (Wildman–Crippen LogP) is 14.6. The molecule has 0 aliphatic rings. The molecule has 0 amide bonds. The zero-order valence-corrected chi connectivity index (χ0v) is 36.1. The summed E-state index contributed by atoms with van der Waals surface area (Å²) >= 11 is 0. The average Bonchev–Trinajstić information content (AvgIpc) is 3.14. The Morgan fingerprint density at radius 3 is 1.08 bits per heavy atom. The standard InChI is InChI=1S/C47H90O6/c1-6-8-9-10-11-12-14-18-21-27-32-37-45(48)51-40-44(41-52-46(49)38-33-28-24-23-26-31-36-43(5)7-2)53-47(50)39-34-29-22-19-16-13-15-17-20-25-30-35-42(3)4/h42-44H,6-41H2,1-5H3/t43?,44-/m1/s1. The minimum atomic E-state index is -0.761. The van der Waals surface area contributed by atoms with E-state index in [0.717, 1.165) is 69.6 Å². The molecule has 0 fully saturated rings. The van der Waals surface area contributed by atoms with Gasteiger partial charge in [-0.3, -0.25) is 14.4 Å². The van der Waals surface area contributed by atoms with E-state index in [9.17, 15) is 14.4 Å². The van der Waals surface area contributed by atoms with Crippen LogP contribution in [-0.2, 0) is 28.6 Å². The topological polar surface area (TPSA) is 78.9 Å². The Balaban J connectivity index is 4.34. The van der Waals surface area contributed by atoms with E-state index in [-0.39, 0.29) is 31.1 Å². The van der Waals surface area contributed by atoms with Gasteiger partial charge in [0.15, 0.2) is 6.10 Å². The molecule has 0 rings (SSSR count). The minimum Gasteiger partial charge on any atom is -0.462 e. The zero-order valence-electron chi connectivity index (χ0n) is 36.1. The second kappa shape index (κ2) is 40.1. The van der Waals surface area contributed by atoms with Crippen LogP contribution in [0.1, 0.15) is 253 Å². The molecule has 6 heteroatoms. The number of carbonyl (C=O) groups excluding carboxylic acids is 3. The Morgan fingerprint density at radius 2 is 0.717 bits per heavy atom. The third kappa shape index (κ3) is 39.9. The summed E-state index contributed by atoms with van der Waals surface area (Å²) in [6.45, 7) is 11.3. The van der Waals surface area contributed by atoms with Crippen molar-refractivity contribution in [2.24, 2.45) is 11.8 Å². The lowest BCUT2D eigenvalue weighted by molar-refractivity contribution is -0.167. The van der Waals surface area contributed by atoms with Gasteiger partial charge in [-0.25, -0.2) is 0 Å². The van der Waals surface area contributed by atoms with Crippen molar-refractivity contribution in [2.45, 2.75) is 259 Å². The van der Waals surface area contributed by atoms with Crippen molar-refractivity contribution in [3.8, 4) is 0 Å². The van der Waals surface area contributed by atoms with Crippen LogP contribution in [0.4, 0.5) is 0 Å². The van der Waals surface area contributed by atoms with Gasteiger partial charge >= 0.3 is 17.9 Å². The summed E-state index contributed by atoms with van der Waals surface area (Å²) in [6.07, 6.45) is 38.0. The minimum absolute atomic E-state index is 0.0652. The van der Waals surface area contributed by atoms with Crippen LogP contribution >= 0.6 is 0 Å². The highest BCUT2D eigenvalue weighted by Crippen LogP contribution is 2.17. The summed E-state index contributed by atoms with van der Waals surface area (Å²) in [7, 11) is 0. The average molecular weight is 751 g/mol. The molecule has 0 radical (unpaired) electrons. The van der Waals surface area contributed by atoms with Gasteiger partial charge in [0, 0.05) is 19.3 Å². The molecule has 0 aromatic rings. The molecule has 0 aromatic heterocycles. The van der Waals surface area contributed by atoms with Gasteiger partial charge in [0.05, 0.1) is 0 Å². The van der Waals surface area contributed by atoms with Crippen molar-refractivity contribution in [1.29, 1.82) is 0 Å². The molecule has 0 aliphatic carbocycles. The van der Waals surface area contributed by atoms with Crippen molar-refractivity contribution in [2.75, 3.05) is 13.2 Å². The van der Waals surface area contributed by atoms with Crippen molar-refractivity contribution in [3.05, 3.63) is 0 Å². The summed E-state index contributed by atoms with van der Waals surface area (Å²) in [5.74, 6) is 0.780. The highest BCUT2D eigenvalue weighted by molar-refractivity contribution is 5.71. The lowest BCUT2D eigenvalue weighted by Gasteiger charge is -2.18. The largest absolute Gasteiger partial charge is 0.462 e. The van der Waals surface area contributed by atoms with E-state index in [0.29, 0.717) is 19.3 Å². The fourth-order valence-corrected chi connectivity index (χ4v) is 6.90. The van der Waals surface area contributed by atoms with Crippen LogP contribution in [-0.4, -0.2) is 37.2 Å². The molecule has 0 spiro atoms. The number of hydrogen-bond acceptors (Lipinski definition) is 6. The number of ether oxygens (including phenoxy) is 3. The molecule has 314 valence electrons. The summed E-state index contributed by atoms with van der Waals surface area (Å²) < 4.78 is 16.7. The van der Waals surface area contributed by atoms with E-state index in [1.807, 2.05) is 0 Å². The van der Waals surface area contributed by atoms with Gasteiger partial charge in [0.2, 0.25) is 0 Å². The van der Waals surface area contributed by atoms with Crippen molar-refractivity contribution in [3.63, 3.8) is 0 Å². The number of esters is 3. The lowest BCUT2D eigenvalue weighted by Crippen LogP contribution is -2.30. The van der Waals surface area contributed by atoms with Crippen molar-refractivity contribution < 1.29 is 28.6 Å². The molecule has 0 aromatic carbocycles. The second-order valence-corrected chi connectivity index (χ2v) is 16.8. The number of rotatable bonds is 41. The first-order valence-electron chi connectivity index (χ1n) is 23.3. The third-order valence-electron chi connectivity index (χ3n) is 10.8. The van der Waals surface area contributed by atoms with E-state index in [4.69, 9.17) is 14.2 Å². The van der Waals surface area contributed by atoms with Gasteiger partial charge in [-0.2, -0.15) is 0 Å². The molecule has 53 heavy (non-hydrogen) atoms. The van der Waals surface area contributed by atoms with Gasteiger partial charge in [-0.05, 0) is 31.1 Å². The van der Waals surface area contributed by atoms with Crippen LogP contribution in [0.3, 0.4) is 0 Å². The monoisotopic (exact) mass is 751 g/mol. The molecule has 0 saturated carbocycles. The predicted molar refractivity (Wildman–Crippen MR) is 224 cm³/mol. The van der Waals surface area contributed by atoms with Gasteiger partial charge in [0.1, 0.15) is 13.2 Å². The highest BCUT2D eigenvalue weighted by Gasteiger charge is 2.19. The molecule has 0 heterocycles. The summed E-state index contributed by atoms with van der Waals surface area (Å²) in [6, 6.07) is 0. The smallest absolute Gasteiger partial charge is 0.306 e. The molecule has 0 N–H and O–H groups in total. The molecular weight excluding hydrogens is 661 g/mol. The molecule has 6 nitrogen and oxygen atoms in total. The Hall–Kier alpha value is -1.59. The molecule has 1 unspecified atom stereocenters. The fraction of sp³-hybridized carbons (Fsp3) is 0.936. The van der Waals surface area contributed by atoms with Crippen LogP contribution in [0.5, 0.6) is 0 Å². The molecular formula is C47H90O6. The first-order valence-corrected chi connectivity index (χ1v) is 23.3. The van der Waals surface area contributed by atoms with Crippen LogP contribution < -0.4 is 0 Å². The number of unbranched alkanes of at least 4 members (excludes halogenated alkanes) is 25. The molecule has 0 bridgehead atoms. The first kappa shape index (κ1) is 51.4. The summed E-state index contributed by atoms with van der Waals surface area (Å²) in [5, 5.41) is 0. The van der Waals surface area contributed by atoms with E-state index in [1.54, 1.807) is 0 Å². The van der Waals surface area contributed by atoms with Crippen LogP contribution in [0.15, 0.2) is 0 Å². The fourth-order valence-electron chi connectivity index (χ4n) is 6.90. The van der Waals surface area contributed by atoms with Crippen molar-refractivity contribution >= 4 is 17.9 Å². The number of carbonyl (C=O) groups is 3. The van der Waals surface area contributed by atoms with Crippen LogP contribution in [0.25, 0.3) is 0 Å². The summed E-state index contributed by atoms with van der Waals surface area (Å²) in [4.78, 5) is 37.7. The summed E-state index contributed by atoms with van der Waals surface area (Å²) in [5.41, 5.74) is 0. The van der Waals surface area contributed by atoms with Gasteiger partial charge in [0.25, 0.3) is 0 Å². The quantitative estimate of drug-likeness (QED) is 0.0352. The van der Waals surface area contributed by atoms with Crippen LogP contribution in [0.2, 0.25) is 0 Å². The molecule has 2 atom stereocenters. The van der Waals surface area contributed by atoms with E-state index < -0.39 is 6.10 Å². The van der Waals surface area contributed by atoms with Crippen LogP contribution in [0, 0.1) is 11.8 Å². The maximum Gasteiger partial charge on any atom is 0.306 e.